The third-order valence-electron chi connectivity index (χ3n) is 1.66. The summed E-state index contributed by atoms with van der Waals surface area (Å²) in [7, 11) is -3.91. The predicted octanol–water partition coefficient (Wildman–Crippen LogP) is 1.56. The Morgan fingerprint density at radius 3 is 2.53 bits per heavy atom. The third-order valence-corrected chi connectivity index (χ3v) is 3.14. The monoisotopic (exact) mass is 300 g/mol. The first-order chi connectivity index (χ1) is 6.86. The molecule has 1 aromatic heterocycles. The van der Waals surface area contributed by atoms with Gasteiger partial charge in [0.15, 0.2) is 0 Å². The summed E-state index contributed by atoms with van der Waals surface area (Å²) in [5.74, 6) is 0. The number of nitrogens with two attached hydrogens (primary N) is 1. The molecule has 1 aromatic rings. The fourth-order valence-corrected chi connectivity index (χ4v) is 1.91. The van der Waals surface area contributed by atoms with Crippen LogP contribution in [0.1, 0.15) is 17.7 Å². The molecule has 8 heteroatoms. The summed E-state index contributed by atoms with van der Waals surface area (Å²) in [6, 6.07) is 1.08. The van der Waals surface area contributed by atoms with Crippen LogP contribution in [0, 0.1) is 0 Å². The second-order valence-electron chi connectivity index (χ2n) is 2.69. The molecule has 0 saturated heterocycles. The molecule has 15 heavy (non-hydrogen) atoms. The van der Waals surface area contributed by atoms with E-state index in [2.05, 4.69) is 20.9 Å². The van der Waals surface area contributed by atoms with Gasteiger partial charge in [0, 0.05) is 11.5 Å². The molecule has 2 N–H and O–H groups in total. The predicted molar refractivity (Wildman–Crippen MR) is 53.2 cm³/mol. The molecule has 0 aromatic carbocycles. The van der Waals surface area contributed by atoms with E-state index in [1.54, 1.807) is 0 Å². The molecule has 0 atom stereocenters. The van der Waals surface area contributed by atoms with Gasteiger partial charge in [-0.25, -0.2) is 22.3 Å². The summed E-state index contributed by atoms with van der Waals surface area (Å²) < 4.78 is 46.6. The third kappa shape index (κ3) is 2.93. The highest BCUT2D eigenvalue weighted by Gasteiger charge is 2.17. The molecule has 1 rings (SSSR count). The Morgan fingerprint density at radius 2 is 2.13 bits per heavy atom. The van der Waals surface area contributed by atoms with Crippen LogP contribution in [0.25, 0.3) is 0 Å². The summed E-state index contributed by atoms with van der Waals surface area (Å²) in [5, 5.41) is 4.92. The lowest BCUT2D eigenvalue weighted by atomic mass is 10.2. The second-order valence-corrected chi connectivity index (χ2v) is 4.82. The van der Waals surface area contributed by atoms with E-state index in [4.69, 9.17) is 5.14 Å². The van der Waals surface area contributed by atoms with Crippen molar-refractivity contribution in [2.24, 2.45) is 5.14 Å². The maximum Gasteiger partial charge on any atom is 0.280 e. The lowest BCUT2D eigenvalue weighted by Crippen LogP contribution is -2.13. The van der Waals surface area contributed by atoms with Gasteiger partial charge in [0.05, 0.1) is 0 Å². The van der Waals surface area contributed by atoms with E-state index in [9.17, 15) is 17.2 Å². The Kier molecular flexibility index (Phi) is 3.74. The average molecular weight is 301 g/mol. The average Bonchev–Trinajstić information content (AvgIpc) is 2.15. The van der Waals surface area contributed by atoms with Gasteiger partial charge in [0.25, 0.3) is 6.43 Å². The molecule has 0 unspecified atom stereocenters. The van der Waals surface area contributed by atoms with Crippen LogP contribution in [-0.2, 0) is 15.4 Å². The van der Waals surface area contributed by atoms with Crippen LogP contribution in [0.4, 0.5) is 8.78 Å². The SMILES string of the molecule is NS(=O)(=O)c1cnc(C(F)F)c(CBr)c1. The molecule has 0 saturated carbocycles. The van der Waals surface area contributed by atoms with Crippen LogP contribution in [0.5, 0.6) is 0 Å². The van der Waals surface area contributed by atoms with Crippen LogP contribution in [-0.4, -0.2) is 13.4 Å². The molecule has 0 amide bonds. The van der Waals surface area contributed by atoms with Crippen LogP contribution < -0.4 is 5.14 Å². The van der Waals surface area contributed by atoms with Gasteiger partial charge in [-0.05, 0) is 11.6 Å². The van der Waals surface area contributed by atoms with E-state index in [1.807, 2.05) is 0 Å². The number of hydrogen-bond donors (Lipinski definition) is 1. The van der Waals surface area contributed by atoms with Crippen molar-refractivity contribution >= 4 is 26.0 Å². The van der Waals surface area contributed by atoms with Crippen molar-refractivity contribution in [1.29, 1.82) is 0 Å². The Bertz CT molecular complexity index is 464. The Balaban J connectivity index is 3.32. The summed E-state index contributed by atoms with van der Waals surface area (Å²) in [5.41, 5.74) is -0.337. The number of halogens is 3. The Labute approximate surface area is 93.7 Å². The van der Waals surface area contributed by atoms with Gasteiger partial charge in [-0.2, -0.15) is 0 Å². The van der Waals surface area contributed by atoms with E-state index in [0.717, 1.165) is 12.3 Å². The summed E-state index contributed by atoms with van der Waals surface area (Å²) in [6.45, 7) is 0. The first-order valence-electron chi connectivity index (χ1n) is 3.72. The molecule has 0 aliphatic rings. The zero-order valence-corrected chi connectivity index (χ0v) is 9.72. The molecule has 0 bridgehead atoms. The van der Waals surface area contributed by atoms with Gasteiger partial charge in [-0.15, -0.1) is 0 Å². The van der Waals surface area contributed by atoms with E-state index in [0.29, 0.717) is 0 Å². The van der Waals surface area contributed by atoms with Gasteiger partial charge in [-0.3, -0.25) is 4.98 Å². The quantitative estimate of drug-likeness (QED) is 0.861. The lowest BCUT2D eigenvalue weighted by molar-refractivity contribution is 0.145. The van der Waals surface area contributed by atoms with Crippen molar-refractivity contribution in [3.63, 3.8) is 0 Å². The number of alkyl halides is 3. The van der Waals surface area contributed by atoms with E-state index in [-0.39, 0.29) is 15.8 Å². The van der Waals surface area contributed by atoms with Crippen LogP contribution in [0.2, 0.25) is 0 Å². The van der Waals surface area contributed by atoms with Crippen LogP contribution in [0.3, 0.4) is 0 Å². The molecular weight excluding hydrogens is 294 g/mol. The summed E-state index contributed by atoms with van der Waals surface area (Å²) in [4.78, 5) is 3.10. The van der Waals surface area contributed by atoms with Gasteiger partial charge in [0.1, 0.15) is 10.6 Å². The normalized spacial score (nSPS) is 12.1. The van der Waals surface area contributed by atoms with Crippen molar-refractivity contribution < 1.29 is 17.2 Å². The van der Waals surface area contributed by atoms with E-state index in [1.165, 1.54) is 0 Å². The first-order valence-corrected chi connectivity index (χ1v) is 6.38. The van der Waals surface area contributed by atoms with Gasteiger partial charge in [0.2, 0.25) is 10.0 Å². The van der Waals surface area contributed by atoms with Crippen LogP contribution in [0.15, 0.2) is 17.2 Å². The number of nitrogens with zero attached hydrogens (tertiary/aromatic N) is 1. The molecule has 0 spiro atoms. The molecule has 1 heterocycles. The maximum absolute atomic E-state index is 12.4. The fourth-order valence-electron chi connectivity index (χ4n) is 0.958. The van der Waals surface area contributed by atoms with E-state index >= 15 is 0 Å². The minimum absolute atomic E-state index is 0.0863. The minimum Gasteiger partial charge on any atom is -0.254 e. The van der Waals surface area contributed by atoms with Crippen molar-refractivity contribution in [1.82, 2.24) is 4.98 Å². The van der Waals surface area contributed by atoms with Gasteiger partial charge >= 0.3 is 0 Å². The highest BCUT2D eigenvalue weighted by molar-refractivity contribution is 9.08. The largest absolute Gasteiger partial charge is 0.280 e. The highest BCUT2D eigenvalue weighted by atomic mass is 79.9. The summed E-state index contributed by atoms with van der Waals surface area (Å²) in [6.07, 6.45) is -1.92. The zero-order chi connectivity index (χ0) is 11.6. The Morgan fingerprint density at radius 1 is 1.53 bits per heavy atom. The van der Waals surface area contributed by atoms with E-state index < -0.39 is 22.1 Å². The number of sulfonamides is 1. The number of aromatic nitrogens is 1. The molecule has 4 nitrogen and oxygen atoms in total. The standard InChI is InChI=1S/C7H7BrF2N2O2S/c8-2-4-1-5(15(11,13)14)3-12-6(4)7(9)10/h1,3,7H,2H2,(H2,11,13,14). The number of hydrogen-bond acceptors (Lipinski definition) is 3. The second kappa shape index (κ2) is 4.50. The number of pyridine rings is 1. The van der Waals surface area contributed by atoms with Gasteiger partial charge in [-0.1, -0.05) is 15.9 Å². The van der Waals surface area contributed by atoms with Crippen molar-refractivity contribution in [2.45, 2.75) is 16.7 Å². The molecular formula is C7H7BrF2N2O2S. The molecule has 0 radical (unpaired) electrons. The van der Waals surface area contributed by atoms with Gasteiger partial charge < -0.3 is 0 Å². The smallest absolute Gasteiger partial charge is 0.254 e. The number of rotatable bonds is 3. The van der Waals surface area contributed by atoms with Crippen molar-refractivity contribution in [3.05, 3.63) is 23.5 Å². The number of primary sulfonamides is 1. The lowest BCUT2D eigenvalue weighted by Gasteiger charge is -2.06. The minimum atomic E-state index is -3.91. The Hall–Kier alpha value is -0.600. The first kappa shape index (κ1) is 12.5. The van der Waals surface area contributed by atoms with Crippen molar-refractivity contribution in [3.8, 4) is 0 Å². The van der Waals surface area contributed by atoms with Crippen molar-refractivity contribution in [2.75, 3.05) is 0 Å². The highest BCUT2D eigenvalue weighted by Crippen LogP contribution is 2.24. The fraction of sp³-hybridized carbons (Fsp3) is 0.286. The molecule has 0 aliphatic carbocycles. The molecule has 84 valence electrons. The zero-order valence-electron chi connectivity index (χ0n) is 7.32. The molecule has 0 aliphatic heterocycles. The maximum atomic E-state index is 12.4. The van der Waals surface area contributed by atoms with Crippen LogP contribution >= 0.6 is 15.9 Å². The summed E-state index contributed by atoms with van der Waals surface area (Å²) >= 11 is 2.97. The topological polar surface area (TPSA) is 73.1 Å². The molecule has 0 fully saturated rings.